The highest BCUT2D eigenvalue weighted by atomic mass is 79.9. The Morgan fingerprint density at radius 2 is 2.08 bits per heavy atom. The Morgan fingerprint density at radius 1 is 1.27 bits per heavy atom. The van der Waals surface area contributed by atoms with Crippen LogP contribution in [-0.4, -0.2) is 29.1 Å². The second kappa shape index (κ2) is 8.19. The van der Waals surface area contributed by atoms with Crippen molar-refractivity contribution in [3.05, 3.63) is 71.0 Å². The van der Waals surface area contributed by atoms with Crippen LogP contribution in [-0.2, 0) is 13.0 Å². The van der Waals surface area contributed by atoms with Crippen molar-refractivity contribution >= 4 is 32.9 Å². The van der Waals surface area contributed by atoms with Gasteiger partial charge in [-0.15, -0.1) is 0 Å². The maximum Gasteiger partial charge on any atom is 0.251 e. The Hall–Kier alpha value is -2.60. The Morgan fingerprint density at radius 3 is 2.85 bits per heavy atom. The summed E-state index contributed by atoms with van der Waals surface area (Å²) in [5.41, 5.74) is 2.57. The van der Waals surface area contributed by atoms with E-state index in [9.17, 15) is 4.79 Å². The molecule has 0 spiro atoms. The van der Waals surface area contributed by atoms with Gasteiger partial charge in [-0.05, 0) is 30.3 Å². The van der Waals surface area contributed by atoms with Crippen LogP contribution in [0, 0.1) is 0 Å². The molecule has 0 fully saturated rings. The van der Waals surface area contributed by atoms with Gasteiger partial charge in [0.2, 0.25) is 0 Å². The van der Waals surface area contributed by atoms with Gasteiger partial charge in [-0.25, -0.2) is 4.98 Å². The van der Waals surface area contributed by atoms with E-state index < -0.39 is 0 Å². The van der Waals surface area contributed by atoms with Crippen molar-refractivity contribution in [2.24, 2.45) is 0 Å². The second-order valence-corrected chi connectivity index (χ2v) is 6.98. The molecule has 134 valence electrons. The first-order valence-corrected chi connectivity index (χ1v) is 9.07. The third kappa shape index (κ3) is 4.14. The van der Waals surface area contributed by atoms with Gasteiger partial charge in [0.25, 0.3) is 5.91 Å². The van der Waals surface area contributed by atoms with Crippen molar-refractivity contribution < 1.29 is 9.53 Å². The molecule has 6 heteroatoms. The van der Waals surface area contributed by atoms with Crippen LogP contribution in [0.4, 0.5) is 0 Å². The fraction of sp³-hybridized carbons (Fsp3) is 0.200. The number of carbonyl (C=O) groups excluding carboxylic acids is 1. The van der Waals surface area contributed by atoms with Crippen LogP contribution in [0.1, 0.15) is 16.2 Å². The molecule has 0 aliphatic rings. The summed E-state index contributed by atoms with van der Waals surface area (Å²) in [6.45, 7) is 5.06. The molecule has 0 unspecified atom stereocenters. The number of allylic oxidation sites excluding steroid dienone is 1. The number of halogens is 1. The largest absolute Gasteiger partial charge is 0.497 e. The molecule has 0 aliphatic heterocycles. The number of hydrogen-bond donors (Lipinski definition) is 1. The zero-order valence-corrected chi connectivity index (χ0v) is 16.1. The van der Waals surface area contributed by atoms with Gasteiger partial charge in [0.1, 0.15) is 11.6 Å². The van der Waals surface area contributed by atoms with Gasteiger partial charge >= 0.3 is 0 Å². The van der Waals surface area contributed by atoms with Gasteiger partial charge < -0.3 is 14.6 Å². The molecular weight excluding hydrogens is 394 g/mol. The summed E-state index contributed by atoms with van der Waals surface area (Å²) in [6, 6.07) is 15.1. The van der Waals surface area contributed by atoms with Crippen molar-refractivity contribution in [2.75, 3.05) is 13.7 Å². The number of ether oxygens (including phenoxy) is 1. The summed E-state index contributed by atoms with van der Waals surface area (Å²) in [7, 11) is 1.58. The monoisotopic (exact) mass is 413 g/mol. The zero-order chi connectivity index (χ0) is 18.5. The Bertz CT molecular complexity index is 949. The first kappa shape index (κ1) is 18.2. The number of fused-ring (bicyclic) bond motifs is 1. The molecule has 0 atom stereocenters. The molecule has 0 radical (unpaired) electrons. The van der Waals surface area contributed by atoms with E-state index >= 15 is 0 Å². The predicted molar refractivity (Wildman–Crippen MR) is 107 cm³/mol. The third-order valence-corrected chi connectivity index (χ3v) is 4.28. The number of para-hydroxylation sites is 2. The van der Waals surface area contributed by atoms with Gasteiger partial charge in [0.15, 0.2) is 0 Å². The lowest BCUT2D eigenvalue weighted by atomic mass is 10.2. The summed E-state index contributed by atoms with van der Waals surface area (Å²) in [4.78, 5) is 17.0. The van der Waals surface area contributed by atoms with E-state index in [1.165, 1.54) is 0 Å². The molecule has 1 amide bonds. The van der Waals surface area contributed by atoms with Crippen LogP contribution in [0.2, 0.25) is 0 Å². The first-order chi connectivity index (χ1) is 12.6. The van der Waals surface area contributed by atoms with Crippen molar-refractivity contribution in [1.82, 2.24) is 14.9 Å². The average molecular weight is 414 g/mol. The van der Waals surface area contributed by atoms with Gasteiger partial charge in [-0.3, -0.25) is 4.79 Å². The van der Waals surface area contributed by atoms with Gasteiger partial charge in [0.05, 0.1) is 24.7 Å². The van der Waals surface area contributed by atoms with Gasteiger partial charge in [-0.1, -0.05) is 40.7 Å². The molecule has 0 aliphatic carbocycles. The number of nitrogens with one attached hydrogen (secondary N) is 1. The summed E-state index contributed by atoms with van der Waals surface area (Å²) in [6.07, 6.45) is 0.630. The fourth-order valence-corrected chi connectivity index (χ4v) is 3.07. The molecule has 2 aromatic carbocycles. The van der Waals surface area contributed by atoms with Gasteiger partial charge in [-0.2, -0.15) is 0 Å². The van der Waals surface area contributed by atoms with E-state index in [1.54, 1.807) is 25.3 Å². The number of aromatic nitrogens is 2. The molecule has 0 saturated heterocycles. The van der Waals surface area contributed by atoms with Crippen LogP contribution in [0.5, 0.6) is 5.75 Å². The SMILES string of the molecule is C=C(Br)Cn1c(CCNC(=O)c2cccc(OC)c2)nc2ccccc21. The van der Waals surface area contributed by atoms with Crippen LogP contribution in [0.25, 0.3) is 11.0 Å². The molecule has 1 heterocycles. The summed E-state index contributed by atoms with van der Waals surface area (Å²) in [5.74, 6) is 1.45. The Labute approximate surface area is 160 Å². The first-order valence-electron chi connectivity index (χ1n) is 8.28. The number of amides is 1. The Kier molecular flexibility index (Phi) is 5.73. The molecule has 26 heavy (non-hydrogen) atoms. The smallest absolute Gasteiger partial charge is 0.251 e. The Balaban J connectivity index is 1.71. The molecule has 1 N–H and O–H groups in total. The molecule has 0 saturated carbocycles. The number of nitrogens with zero attached hydrogens (tertiary/aromatic N) is 2. The highest BCUT2D eigenvalue weighted by Gasteiger charge is 2.12. The van der Waals surface area contributed by atoms with Crippen molar-refractivity contribution in [3.63, 3.8) is 0 Å². The number of imidazole rings is 1. The molecule has 3 aromatic rings. The highest BCUT2D eigenvalue weighted by Crippen LogP contribution is 2.19. The lowest BCUT2D eigenvalue weighted by Crippen LogP contribution is -2.26. The van der Waals surface area contributed by atoms with E-state index in [2.05, 4.69) is 32.4 Å². The van der Waals surface area contributed by atoms with Crippen molar-refractivity contribution in [3.8, 4) is 5.75 Å². The summed E-state index contributed by atoms with van der Waals surface area (Å²) >= 11 is 3.43. The number of rotatable bonds is 7. The van der Waals surface area contributed by atoms with E-state index in [1.807, 2.05) is 30.3 Å². The lowest BCUT2D eigenvalue weighted by Gasteiger charge is -2.09. The minimum Gasteiger partial charge on any atom is -0.497 e. The van der Waals surface area contributed by atoms with Crippen LogP contribution in [0.3, 0.4) is 0 Å². The average Bonchev–Trinajstić information content (AvgIpc) is 2.99. The lowest BCUT2D eigenvalue weighted by molar-refractivity contribution is 0.0953. The van der Waals surface area contributed by atoms with Crippen LogP contribution < -0.4 is 10.1 Å². The van der Waals surface area contributed by atoms with Crippen LogP contribution in [0.15, 0.2) is 59.6 Å². The maximum atomic E-state index is 12.3. The summed E-state index contributed by atoms with van der Waals surface area (Å²) < 4.78 is 8.15. The van der Waals surface area contributed by atoms with Crippen molar-refractivity contribution in [2.45, 2.75) is 13.0 Å². The number of methoxy groups -OCH3 is 1. The van der Waals surface area contributed by atoms with Crippen LogP contribution >= 0.6 is 15.9 Å². The van der Waals surface area contributed by atoms with E-state index in [0.717, 1.165) is 21.3 Å². The molecule has 1 aromatic heterocycles. The molecule has 0 bridgehead atoms. The third-order valence-electron chi connectivity index (χ3n) is 4.03. The van der Waals surface area contributed by atoms with E-state index in [-0.39, 0.29) is 5.91 Å². The molecule has 5 nitrogen and oxygen atoms in total. The van der Waals surface area contributed by atoms with Gasteiger partial charge in [0, 0.05) is 23.0 Å². The fourth-order valence-electron chi connectivity index (χ4n) is 2.82. The number of carbonyl (C=O) groups is 1. The minimum atomic E-state index is -0.128. The number of hydrogen-bond acceptors (Lipinski definition) is 3. The molecular formula is C20H20BrN3O2. The second-order valence-electron chi connectivity index (χ2n) is 5.86. The predicted octanol–water partition coefficient (Wildman–Crippen LogP) is 3.93. The minimum absolute atomic E-state index is 0.128. The molecule has 3 rings (SSSR count). The van der Waals surface area contributed by atoms with E-state index in [0.29, 0.717) is 30.8 Å². The zero-order valence-electron chi connectivity index (χ0n) is 14.5. The maximum absolute atomic E-state index is 12.3. The number of benzene rings is 2. The standard InChI is InChI=1S/C20H20BrN3O2/c1-14(21)13-24-18-9-4-3-8-17(18)23-19(24)10-11-22-20(25)15-6-5-7-16(12-15)26-2/h3-9,12H,1,10-11,13H2,2H3,(H,22,25). The summed E-state index contributed by atoms with van der Waals surface area (Å²) in [5, 5.41) is 2.94. The highest BCUT2D eigenvalue weighted by molar-refractivity contribution is 9.11. The topological polar surface area (TPSA) is 56.2 Å². The van der Waals surface area contributed by atoms with Crippen molar-refractivity contribution in [1.29, 1.82) is 0 Å². The van der Waals surface area contributed by atoms with E-state index in [4.69, 9.17) is 9.72 Å². The normalized spacial score (nSPS) is 10.7. The quantitative estimate of drug-likeness (QED) is 0.638.